The molecule has 1 unspecified atom stereocenters. The summed E-state index contributed by atoms with van der Waals surface area (Å²) < 4.78 is 27.1. The molecule has 1 N–H and O–H groups in total. The van der Waals surface area contributed by atoms with Crippen molar-refractivity contribution in [3.63, 3.8) is 0 Å². The van der Waals surface area contributed by atoms with Crippen LogP contribution in [0.5, 0.6) is 0 Å². The van der Waals surface area contributed by atoms with Crippen molar-refractivity contribution in [2.75, 3.05) is 19.6 Å². The fraction of sp³-hybridized carbons (Fsp3) is 0.571. The van der Waals surface area contributed by atoms with Crippen LogP contribution in [0.2, 0.25) is 0 Å². The van der Waals surface area contributed by atoms with Gasteiger partial charge in [0.15, 0.2) is 0 Å². The second-order valence-corrected chi connectivity index (χ2v) is 4.89. The quantitative estimate of drug-likeness (QED) is 0.869. The highest BCUT2D eigenvalue weighted by atomic mass is 19.1. The van der Waals surface area contributed by atoms with Crippen LogP contribution >= 0.6 is 0 Å². The van der Waals surface area contributed by atoms with E-state index < -0.39 is 0 Å². The van der Waals surface area contributed by atoms with Gasteiger partial charge in [0, 0.05) is 30.7 Å². The van der Waals surface area contributed by atoms with Gasteiger partial charge in [-0.25, -0.2) is 8.78 Å². The van der Waals surface area contributed by atoms with Gasteiger partial charge in [0.05, 0.1) is 0 Å². The first-order chi connectivity index (χ1) is 8.63. The molecule has 0 aliphatic carbocycles. The summed E-state index contributed by atoms with van der Waals surface area (Å²) in [5.41, 5.74) is 0.454. The lowest BCUT2D eigenvalue weighted by Gasteiger charge is -2.42. The molecule has 1 aliphatic rings. The first-order valence-electron chi connectivity index (χ1n) is 6.55. The summed E-state index contributed by atoms with van der Waals surface area (Å²) in [7, 11) is 0. The van der Waals surface area contributed by atoms with E-state index in [4.69, 9.17) is 0 Å². The Kier molecular flexibility index (Phi) is 4.30. The van der Waals surface area contributed by atoms with Gasteiger partial charge in [-0.2, -0.15) is 0 Å². The lowest BCUT2D eigenvalue weighted by molar-refractivity contribution is 0.101. The maximum absolute atomic E-state index is 13.8. The van der Waals surface area contributed by atoms with Crippen molar-refractivity contribution in [2.45, 2.75) is 32.4 Å². The molecular weight excluding hydrogens is 234 g/mol. The van der Waals surface area contributed by atoms with Gasteiger partial charge in [-0.15, -0.1) is 0 Å². The predicted octanol–water partition coefficient (Wildman–Crippen LogP) is 2.71. The average Bonchev–Trinajstić information content (AvgIpc) is 2.28. The molecule has 1 aliphatic heterocycles. The van der Waals surface area contributed by atoms with Crippen molar-refractivity contribution in [3.8, 4) is 0 Å². The van der Waals surface area contributed by atoms with E-state index >= 15 is 0 Å². The molecule has 0 spiro atoms. The van der Waals surface area contributed by atoms with Gasteiger partial charge in [0.1, 0.15) is 11.6 Å². The maximum atomic E-state index is 13.8. The minimum Gasteiger partial charge on any atom is -0.314 e. The van der Waals surface area contributed by atoms with Crippen molar-refractivity contribution in [1.29, 1.82) is 0 Å². The molecule has 1 heterocycles. The third kappa shape index (κ3) is 2.70. The molecule has 1 aromatic rings. The molecule has 4 heteroatoms. The SMILES string of the molecule is CCCN(C1CNC1)C(C)c1cc(F)ccc1F. The Morgan fingerprint density at radius 1 is 1.39 bits per heavy atom. The third-order valence-corrected chi connectivity index (χ3v) is 3.62. The number of nitrogens with one attached hydrogen (secondary N) is 1. The van der Waals surface area contributed by atoms with Crippen molar-refractivity contribution >= 4 is 0 Å². The van der Waals surface area contributed by atoms with Gasteiger partial charge in [0.25, 0.3) is 0 Å². The number of benzene rings is 1. The van der Waals surface area contributed by atoms with Crippen molar-refractivity contribution in [2.24, 2.45) is 0 Å². The molecule has 2 nitrogen and oxygen atoms in total. The van der Waals surface area contributed by atoms with Gasteiger partial charge in [0.2, 0.25) is 0 Å². The topological polar surface area (TPSA) is 15.3 Å². The van der Waals surface area contributed by atoms with E-state index in [1.807, 2.05) is 6.92 Å². The molecule has 0 amide bonds. The van der Waals surface area contributed by atoms with Crippen LogP contribution < -0.4 is 5.32 Å². The number of rotatable bonds is 5. The van der Waals surface area contributed by atoms with Crippen molar-refractivity contribution in [1.82, 2.24) is 10.2 Å². The summed E-state index contributed by atoms with van der Waals surface area (Å²) in [6.45, 7) is 6.82. The summed E-state index contributed by atoms with van der Waals surface area (Å²) >= 11 is 0. The molecule has 1 saturated heterocycles. The second-order valence-electron chi connectivity index (χ2n) is 4.89. The molecule has 18 heavy (non-hydrogen) atoms. The smallest absolute Gasteiger partial charge is 0.128 e. The first kappa shape index (κ1) is 13.4. The molecule has 1 fully saturated rings. The zero-order valence-electron chi connectivity index (χ0n) is 10.9. The van der Waals surface area contributed by atoms with Crippen LogP contribution in [0.25, 0.3) is 0 Å². The summed E-state index contributed by atoms with van der Waals surface area (Å²) in [5.74, 6) is -0.696. The molecule has 0 radical (unpaired) electrons. The van der Waals surface area contributed by atoms with Crippen LogP contribution in [0.15, 0.2) is 18.2 Å². The minimum absolute atomic E-state index is 0.0900. The van der Waals surface area contributed by atoms with E-state index in [0.717, 1.165) is 26.1 Å². The van der Waals surface area contributed by atoms with E-state index in [0.29, 0.717) is 11.6 Å². The Labute approximate surface area is 107 Å². The van der Waals surface area contributed by atoms with Crippen LogP contribution in [0.3, 0.4) is 0 Å². The molecule has 1 aromatic carbocycles. The van der Waals surface area contributed by atoms with Gasteiger partial charge in [-0.05, 0) is 38.1 Å². The van der Waals surface area contributed by atoms with Crippen LogP contribution in [0.4, 0.5) is 8.78 Å². The van der Waals surface area contributed by atoms with E-state index in [2.05, 4.69) is 17.1 Å². The van der Waals surface area contributed by atoms with Gasteiger partial charge in [-0.1, -0.05) is 6.92 Å². The first-order valence-corrected chi connectivity index (χ1v) is 6.55. The maximum Gasteiger partial charge on any atom is 0.128 e. The third-order valence-electron chi connectivity index (χ3n) is 3.62. The Morgan fingerprint density at radius 2 is 2.11 bits per heavy atom. The normalized spacial score (nSPS) is 17.8. The summed E-state index contributed by atoms with van der Waals surface area (Å²) in [6, 6.07) is 4.04. The number of halogens is 2. The highest BCUT2D eigenvalue weighted by molar-refractivity contribution is 5.22. The van der Waals surface area contributed by atoms with Gasteiger partial charge in [-0.3, -0.25) is 4.90 Å². The predicted molar refractivity (Wildman–Crippen MR) is 68.4 cm³/mol. The summed E-state index contributed by atoms with van der Waals surface area (Å²) in [6.07, 6.45) is 1.01. The second kappa shape index (κ2) is 5.76. The van der Waals surface area contributed by atoms with E-state index in [1.165, 1.54) is 18.2 Å². The van der Waals surface area contributed by atoms with Crippen LogP contribution in [-0.4, -0.2) is 30.6 Å². The fourth-order valence-electron chi connectivity index (χ4n) is 2.47. The zero-order valence-corrected chi connectivity index (χ0v) is 10.9. The van der Waals surface area contributed by atoms with Gasteiger partial charge >= 0.3 is 0 Å². The lowest BCUT2D eigenvalue weighted by atomic mass is 10.0. The van der Waals surface area contributed by atoms with E-state index in [-0.39, 0.29) is 17.7 Å². The van der Waals surface area contributed by atoms with Crippen molar-refractivity contribution < 1.29 is 8.78 Å². The number of hydrogen-bond donors (Lipinski definition) is 1. The highest BCUT2D eigenvalue weighted by Gasteiger charge is 2.29. The lowest BCUT2D eigenvalue weighted by Crippen LogP contribution is -2.57. The molecule has 0 bridgehead atoms. The molecule has 0 saturated carbocycles. The number of nitrogens with zero attached hydrogens (tertiary/aromatic N) is 1. The zero-order chi connectivity index (χ0) is 13.1. The molecular formula is C14H20F2N2. The Hall–Kier alpha value is -1.00. The van der Waals surface area contributed by atoms with Crippen LogP contribution in [-0.2, 0) is 0 Å². The largest absolute Gasteiger partial charge is 0.314 e. The fourth-order valence-corrected chi connectivity index (χ4v) is 2.47. The monoisotopic (exact) mass is 254 g/mol. The number of hydrogen-bond acceptors (Lipinski definition) is 2. The molecule has 2 rings (SSSR count). The molecule has 0 aromatic heterocycles. The van der Waals surface area contributed by atoms with Crippen molar-refractivity contribution in [3.05, 3.63) is 35.4 Å². The summed E-state index contributed by atoms with van der Waals surface area (Å²) in [5, 5.41) is 3.22. The average molecular weight is 254 g/mol. The summed E-state index contributed by atoms with van der Waals surface area (Å²) in [4.78, 5) is 2.26. The van der Waals surface area contributed by atoms with Crippen LogP contribution in [0, 0.1) is 11.6 Å². The molecule has 100 valence electrons. The standard InChI is InChI=1S/C14H20F2N2/c1-3-6-18(12-8-17-9-12)10(2)13-7-11(15)4-5-14(13)16/h4-5,7,10,12,17H,3,6,8-9H2,1-2H3. The van der Waals surface area contributed by atoms with E-state index in [9.17, 15) is 8.78 Å². The Bertz CT molecular complexity index is 405. The van der Waals surface area contributed by atoms with E-state index in [1.54, 1.807) is 0 Å². The Balaban J connectivity index is 2.20. The highest BCUT2D eigenvalue weighted by Crippen LogP contribution is 2.26. The Morgan fingerprint density at radius 3 is 2.67 bits per heavy atom. The van der Waals surface area contributed by atoms with Crippen LogP contribution in [0.1, 0.15) is 31.9 Å². The molecule has 1 atom stereocenters. The van der Waals surface area contributed by atoms with Gasteiger partial charge < -0.3 is 5.32 Å². The minimum atomic E-state index is -0.374.